The molecule has 0 bridgehead atoms. The summed E-state index contributed by atoms with van der Waals surface area (Å²) in [6.45, 7) is 3.71. The summed E-state index contributed by atoms with van der Waals surface area (Å²) in [7, 11) is 0. The second-order valence-corrected chi connectivity index (χ2v) is 4.00. The van der Waals surface area contributed by atoms with E-state index in [1.807, 2.05) is 0 Å². The van der Waals surface area contributed by atoms with Gasteiger partial charge in [0.05, 0.1) is 12.7 Å². The monoisotopic (exact) mass is 246 g/mol. The summed E-state index contributed by atoms with van der Waals surface area (Å²) in [5.41, 5.74) is 0.997. The summed E-state index contributed by atoms with van der Waals surface area (Å²) in [5.74, 6) is 1.00. The Bertz CT molecular complexity index is 575. The molecule has 18 heavy (non-hydrogen) atoms. The van der Waals surface area contributed by atoms with Gasteiger partial charge in [0.25, 0.3) is 5.91 Å². The molecule has 1 aromatic carbocycles. The highest BCUT2D eigenvalue weighted by Gasteiger charge is 2.11. The van der Waals surface area contributed by atoms with Gasteiger partial charge in [-0.1, -0.05) is 6.07 Å². The summed E-state index contributed by atoms with van der Waals surface area (Å²) < 4.78 is 5.25. The Balaban J connectivity index is 2.06. The maximum Gasteiger partial charge on any atom is 0.252 e. The first-order valence-electron chi connectivity index (χ1n) is 5.56. The lowest BCUT2D eigenvalue weighted by Gasteiger charge is -2.07. The molecule has 0 atom stereocenters. The summed E-state index contributed by atoms with van der Waals surface area (Å²) in [5, 5.41) is 12.2. The van der Waals surface area contributed by atoms with E-state index < -0.39 is 0 Å². The molecule has 2 aromatic rings. The van der Waals surface area contributed by atoms with Crippen LogP contribution in [0.4, 0.5) is 0 Å². The van der Waals surface area contributed by atoms with Crippen molar-refractivity contribution in [3.8, 4) is 5.75 Å². The molecule has 1 aromatic heterocycles. The Morgan fingerprint density at radius 1 is 1.44 bits per heavy atom. The smallest absolute Gasteiger partial charge is 0.252 e. The lowest BCUT2D eigenvalue weighted by atomic mass is 10.1. The van der Waals surface area contributed by atoms with E-state index in [1.54, 1.807) is 38.2 Å². The van der Waals surface area contributed by atoms with E-state index in [2.05, 4.69) is 10.3 Å². The molecule has 5 heteroatoms. The second-order valence-electron chi connectivity index (χ2n) is 4.00. The molecule has 0 aliphatic carbocycles. The van der Waals surface area contributed by atoms with Gasteiger partial charge < -0.3 is 14.8 Å². The van der Waals surface area contributed by atoms with E-state index in [1.165, 1.54) is 0 Å². The van der Waals surface area contributed by atoms with Crippen molar-refractivity contribution in [2.45, 2.75) is 20.4 Å². The molecular formula is C13H14N2O3. The topological polar surface area (TPSA) is 75.4 Å². The van der Waals surface area contributed by atoms with Crippen LogP contribution in [0.2, 0.25) is 0 Å². The van der Waals surface area contributed by atoms with Gasteiger partial charge in [-0.25, -0.2) is 4.98 Å². The minimum atomic E-state index is -0.265. The van der Waals surface area contributed by atoms with Crippen LogP contribution in [-0.2, 0) is 6.54 Å². The Kier molecular flexibility index (Phi) is 3.32. The fourth-order valence-electron chi connectivity index (χ4n) is 1.60. The first-order chi connectivity index (χ1) is 8.58. The molecule has 0 saturated heterocycles. The highest BCUT2D eigenvalue weighted by molar-refractivity contribution is 5.96. The first-order valence-corrected chi connectivity index (χ1v) is 5.56. The molecule has 0 spiro atoms. The number of amides is 1. The van der Waals surface area contributed by atoms with Gasteiger partial charge in [-0.15, -0.1) is 0 Å². The number of aryl methyl sites for hydroxylation is 1. The van der Waals surface area contributed by atoms with E-state index in [0.717, 1.165) is 0 Å². The molecule has 94 valence electrons. The molecule has 2 rings (SSSR count). The van der Waals surface area contributed by atoms with Crippen molar-refractivity contribution in [1.29, 1.82) is 0 Å². The molecule has 0 aliphatic heterocycles. The van der Waals surface area contributed by atoms with Gasteiger partial charge in [0.2, 0.25) is 5.89 Å². The minimum Gasteiger partial charge on any atom is -0.508 e. The first kappa shape index (κ1) is 12.2. The van der Waals surface area contributed by atoms with E-state index in [9.17, 15) is 9.90 Å². The van der Waals surface area contributed by atoms with Crippen LogP contribution < -0.4 is 5.32 Å². The Hall–Kier alpha value is -2.30. The van der Waals surface area contributed by atoms with Gasteiger partial charge in [0, 0.05) is 11.1 Å². The lowest BCUT2D eigenvalue weighted by Crippen LogP contribution is -2.23. The Labute approximate surface area is 104 Å². The van der Waals surface area contributed by atoms with Gasteiger partial charge in [0.15, 0.2) is 0 Å². The summed E-state index contributed by atoms with van der Waals surface area (Å²) in [4.78, 5) is 15.9. The van der Waals surface area contributed by atoms with E-state index in [0.29, 0.717) is 22.8 Å². The maximum atomic E-state index is 11.9. The number of carbonyl (C=O) groups is 1. The van der Waals surface area contributed by atoms with Crippen molar-refractivity contribution in [3.63, 3.8) is 0 Å². The number of hydrogen-bond donors (Lipinski definition) is 2. The van der Waals surface area contributed by atoms with Crippen LogP contribution >= 0.6 is 0 Å². The van der Waals surface area contributed by atoms with Crippen molar-refractivity contribution >= 4 is 5.91 Å². The van der Waals surface area contributed by atoms with Crippen LogP contribution in [0.1, 0.15) is 27.6 Å². The van der Waals surface area contributed by atoms with Crippen LogP contribution in [0.15, 0.2) is 28.8 Å². The zero-order valence-corrected chi connectivity index (χ0v) is 10.2. The van der Waals surface area contributed by atoms with Gasteiger partial charge in [-0.2, -0.15) is 0 Å². The number of benzene rings is 1. The molecule has 0 saturated carbocycles. The van der Waals surface area contributed by atoms with Crippen molar-refractivity contribution in [2.75, 3.05) is 0 Å². The molecule has 0 aliphatic rings. The Morgan fingerprint density at radius 3 is 2.89 bits per heavy atom. The molecule has 0 radical (unpaired) electrons. The number of nitrogens with zero attached hydrogens (tertiary/aromatic N) is 1. The average molecular weight is 246 g/mol. The summed E-state index contributed by atoms with van der Waals surface area (Å²) >= 11 is 0. The number of oxazole rings is 1. The molecule has 0 fully saturated rings. The van der Waals surface area contributed by atoms with Crippen LogP contribution in [0, 0.1) is 13.8 Å². The fraction of sp³-hybridized carbons (Fsp3) is 0.231. The normalized spacial score (nSPS) is 10.3. The number of phenolic OH excluding ortho intramolecular Hbond substituents is 1. The van der Waals surface area contributed by atoms with E-state index in [4.69, 9.17) is 4.42 Å². The number of aromatic nitrogens is 1. The standard InChI is InChI=1S/C13H14N2O3/c1-8-6-14-12(18-8)7-15-13(17)10-4-3-5-11(16)9(10)2/h3-6,16H,7H2,1-2H3,(H,15,17). The Morgan fingerprint density at radius 2 is 2.22 bits per heavy atom. The summed E-state index contributed by atoms with van der Waals surface area (Å²) in [6.07, 6.45) is 1.60. The number of aromatic hydroxyl groups is 1. The quantitative estimate of drug-likeness (QED) is 0.867. The SMILES string of the molecule is Cc1cnc(CNC(=O)c2cccc(O)c2C)o1. The zero-order valence-electron chi connectivity index (χ0n) is 10.2. The lowest BCUT2D eigenvalue weighted by molar-refractivity contribution is 0.0946. The van der Waals surface area contributed by atoms with Gasteiger partial charge in [0.1, 0.15) is 11.5 Å². The van der Waals surface area contributed by atoms with Crippen molar-refractivity contribution in [1.82, 2.24) is 10.3 Å². The largest absolute Gasteiger partial charge is 0.508 e. The third-order valence-electron chi connectivity index (χ3n) is 2.62. The minimum absolute atomic E-state index is 0.106. The van der Waals surface area contributed by atoms with Crippen LogP contribution in [0.3, 0.4) is 0 Å². The predicted molar refractivity (Wildman–Crippen MR) is 65.3 cm³/mol. The summed E-state index contributed by atoms with van der Waals surface area (Å²) in [6, 6.07) is 4.83. The molecule has 1 heterocycles. The third kappa shape index (κ3) is 2.51. The van der Waals surface area contributed by atoms with Gasteiger partial charge in [-0.3, -0.25) is 4.79 Å². The number of phenols is 1. The van der Waals surface area contributed by atoms with E-state index in [-0.39, 0.29) is 18.2 Å². The zero-order chi connectivity index (χ0) is 13.1. The van der Waals surface area contributed by atoms with Crippen molar-refractivity contribution in [2.24, 2.45) is 0 Å². The highest BCUT2D eigenvalue weighted by atomic mass is 16.4. The molecular weight excluding hydrogens is 232 g/mol. The second kappa shape index (κ2) is 4.91. The maximum absolute atomic E-state index is 11.9. The highest BCUT2D eigenvalue weighted by Crippen LogP contribution is 2.19. The number of rotatable bonds is 3. The molecule has 5 nitrogen and oxygen atoms in total. The number of hydrogen-bond acceptors (Lipinski definition) is 4. The van der Waals surface area contributed by atoms with Crippen LogP contribution in [0.5, 0.6) is 5.75 Å². The number of carbonyl (C=O) groups excluding carboxylic acids is 1. The fourth-order valence-corrected chi connectivity index (χ4v) is 1.60. The van der Waals surface area contributed by atoms with Crippen LogP contribution in [-0.4, -0.2) is 16.0 Å². The van der Waals surface area contributed by atoms with Crippen molar-refractivity contribution < 1.29 is 14.3 Å². The van der Waals surface area contributed by atoms with Gasteiger partial charge >= 0.3 is 0 Å². The third-order valence-corrected chi connectivity index (χ3v) is 2.62. The predicted octanol–water partition coefficient (Wildman–Crippen LogP) is 1.93. The average Bonchev–Trinajstić information content (AvgIpc) is 2.76. The van der Waals surface area contributed by atoms with Gasteiger partial charge in [-0.05, 0) is 26.0 Å². The molecule has 1 amide bonds. The van der Waals surface area contributed by atoms with Crippen LogP contribution in [0.25, 0.3) is 0 Å². The van der Waals surface area contributed by atoms with E-state index >= 15 is 0 Å². The molecule has 2 N–H and O–H groups in total. The molecule has 0 unspecified atom stereocenters. The van der Waals surface area contributed by atoms with Crippen molar-refractivity contribution in [3.05, 3.63) is 47.2 Å². The number of nitrogens with one attached hydrogen (secondary N) is 1.